The summed E-state index contributed by atoms with van der Waals surface area (Å²) in [5.41, 5.74) is 7.84. The van der Waals surface area contributed by atoms with E-state index in [-0.39, 0.29) is 0 Å². The molecule has 0 N–H and O–H groups in total. The van der Waals surface area contributed by atoms with Gasteiger partial charge in [0.2, 0.25) is 0 Å². The second-order valence-electron chi connectivity index (χ2n) is 5.92. The largest absolute Gasteiger partial charge is 0.237 e. The number of hydrogen-bond donors (Lipinski definition) is 0. The number of rotatable bonds is 3. The SMILES string of the molecule is CCCc1ccc(-n2ncc3c2CCc2c[c]ccc2-3)cc1. The number of aryl methyl sites for hydroxylation is 2. The minimum absolute atomic E-state index is 1.04. The summed E-state index contributed by atoms with van der Waals surface area (Å²) in [6, 6.07) is 18.3. The van der Waals surface area contributed by atoms with Crippen LogP contribution in [-0.4, -0.2) is 9.78 Å². The van der Waals surface area contributed by atoms with E-state index in [1.165, 1.54) is 34.4 Å². The van der Waals surface area contributed by atoms with E-state index >= 15 is 0 Å². The van der Waals surface area contributed by atoms with Crippen LogP contribution in [0.3, 0.4) is 0 Å². The lowest BCUT2D eigenvalue weighted by Gasteiger charge is -2.17. The van der Waals surface area contributed by atoms with E-state index in [0.29, 0.717) is 0 Å². The minimum Gasteiger partial charge on any atom is -0.237 e. The zero-order valence-electron chi connectivity index (χ0n) is 12.8. The van der Waals surface area contributed by atoms with Crippen molar-refractivity contribution in [1.29, 1.82) is 0 Å². The predicted molar refractivity (Wildman–Crippen MR) is 89.2 cm³/mol. The van der Waals surface area contributed by atoms with Crippen molar-refractivity contribution in [1.82, 2.24) is 9.78 Å². The average Bonchev–Trinajstić information content (AvgIpc) is 3.00. The van der Waals surface area contributed by atoms with E-state index in [9.17, 15) is 0 Å². The van der Waals surface area contributed by atoms with Gasteiger partial charge < -0.3 is 0 Å². The van der Waals surface area contributed by atoms with Crippen LogP contribution in [0.4, 0.5) is 0 Å². The fraction of sp³-hybridized carbons (Fsp3) is 0.250. The van der Waals surface area contributed by atoms with Gasteiger partial charge in [0.1, 0.15) is 0 Å². The number of benzene rings is 2. The molecule has 0 spiro atoms. The van der Waals surface area contributed by atoms with Crippen LogP contribution in [0.1, 0.15) is 30.2 Å². The molecular formula is C20H19N2. The van der Waals surface area contributed by atoms with Crippen molar-refractivity contribution in [2.45, 2.75) is 32.6 Å². The molecule has 0 unspecified atom stereocenters. The molecule has 0 saturated carbocycles. The fourth-order valence-electron chi connectivity index (χ4n) is 3.34. The summed E-state index contributed by atoms with van der Waals surface area (Å²) >= 11 is 0. The van der Waals surface area contributed by atoms with Gasteiger partial charge in [0.15, 0.2) is 0 Å². The van der Waals surface area contributed by atoms with E-state index in [2.05, 4.69) is 59.2 Å². The molecule has 2 aromatic carbocycles. The predicted octanol–water partition coefficient (Wildman–Crippen LogP) is 4.39. The van der Waals surface area contributed by atoms with Crippen molar-refractivity contribution in [2.75, 3.05) is 0 Å². The van der Waals surface area contributed by atoms with Crippen LogP contribution < -0.4 is 0 Å². The van der Waals surface area contributed by atoms with Crippen molar-refractivity contribution in [3.8, 4) is 16.8 Å². The normalized spacial score (nSPS) is 12.8. The third-order valence-corrected chi connectivity index (χ3v) is 4.46. The van der Waals surface area contributed by atoms with Crippen molar-refractivity contribution < 1.29 is 0 Å². The Morgan fingerprint density at radius 3 is 2.77 bits per heavy atom. The molecule has 0 bridgehead atoms. The molecule has 1 aliphatic rings. The smallest absolute Gasteiger partial charge is 0.0649 e. The van der Waals surface area contributed by atoms with Gasteiger partial charge in [-0.15, -0.1) is 0 Å². The van der Waals surface area contributed by atoms with Crippen LogP contribution in [-0.2, 0) is 19.3 Å². The van der Waals surface area contributed by atoms with Gasteiger partial charge in [-0.1, -0.05) is 43.7 Å². The third-order valence-electron chi connectivity index (χ3n) is 4.46. The second-order valence-corrected chi connectivity index (χ2v) is 5.92. The molecule has 22 heavy (non-hydrogen) atoms. The third kappa shape index (κ3) is 2.16. The summed E-state index contributed by atoms with van der Waals surface area (Å²) in [6.45, 7) is 2.21. The maximum absolute atomic E-state index is 4.65. The highest BCUT2D eigenvalue weighted by Gasteiger charge is 2.20. The van der Waals surface area contributed by atoms with Crippen molar-refractivity contribution in [2.24, 2.45) is 0 Å². The monoisotopic (exact) mass is 287 g/mol. The van der Waals surface area contributed by atoms with Gasteiger partial charge >= 0.3 is 0 Å². The zero-order valence-corrected chi connectivity index (χ0v) is 12.8. The molecule has 1 aromatic heterocycles. The van der Waals surface area contributed by atoms with Crippen LogP contribution in [0, 0.1) is 6.07 Å². The molecule has 1 heterocycles. The molecule has 1 radical (unpaired) electrons. The maximum atomic E-state index is 4.65. The molecule has 1 aliphatic carbocycles. The van der Waals surface area contributed by atoms with Gasteiger partial charge in [-0.25, -0.2) is 4.68 Å². The lowest BCUT2D eigenvalue weighted by atomic mass is 9.90. The Morgan fingerprint density at radius 1 is 1.09 bits per heavy atom. The Hall–Kier alpha value is -2.35. The quantitative estimate of drug-likeness (QED) is 0.698. The van der Waals surface area contributed by atoms with E-state index in [1.54, 1.807) is 0 Å². The summed E-state index contributed by atoms with van der Waals surface area (Å²) < 4.78 is 2.10. The number of nitrogens with zero attached hydrogens (tertiary/aromatic N) is 2. The minimum atomic E-state index is 1.04. The molecule has 2 nitrogen and oxygen atoms in total. The molecule has 0 amide bonds. The highest BCUT2D eigenvalue weighted by atomic mass is 15.3. The summed E-state index contributed by atoms with van der Waals surface area (Å²) in [5.74, 6) is 0. The molecule has 2 heteroatoms. The van der Waals surface area contributed by atoms with Gasteiger partial charge in [0, 0.05) is 5.56 Å². The first-order chi connectivity index (χ1) is 10.9. The van der Waals surface area contributed by atoms with E-state index < -0.39 is 0 Å². The molecule has 0 saturated heterocycles. The Balaban J connectivity index is 1.75. The van der Waals surface area contributed by atoms with Crippen LogP contribution in [0.5, 0.6) is 0 Å². The highest BCUT2D eigenvalue weighted by Crippen LogP contribution is 2.34. The summed E-state index contributed by atoms with van der Waals surface area (Å²) in [6.07, 6.45) is 6.44. The van der Waals surface area contributed by atoms with Crippen LogP contribution in [0.25, 0.3) is 16.8 Å². The first-order valence-corrected chi connectivity index (χ1v) is 8.02. The summed E-state index contributed by atoms with van der Waals surface area (Å²) in [5, 5.41) is 4.65. The lowest BCUT2D eigenvalue weighted by molar-refractivity contribution is 0.780. The highest BCUT2D eigenvalue weighted by molar-refractivity contribution is 5.71. The molecule has 0 fully saturated rings. The zero-order chi connectivity index (χ0) is 14.9. The number of hydrogen-bond acceptors (Lipinski definition) is 1. The number of fused-ring (bicyclic) bond motifs is 3. The maximum Gasteiger partial charge on any atom is 0.0649 e. The second kappa shape index (κ2) is 5.45. The van der Waals surface area contributed by atoms with Crippen LogP contribution in [0.2, 0.25) is 0 Å². The standard InChI is InChI=1S/C20H19N2/c1-2-5-15-8-11-17(12-9-15)22-20-13-10-16-6-3-4-7-18(16)19(20)14-21-22/h4,6-9,11-12,14H,2,5,10,13H2,1H3. The van der Waals surface area contributed by atoms with Crippen LogP contribution in [0.15, 0.2) is 48.7 Å². The average molecular weight is 287 g/mol. The van der Waals surface area contributed by atoms with Gasteiger partial charge in [-0.05, 0) is 54.2 Å². The number of aromatic nitrogens is 2. The summed E-state index contributed by atoms with van der Waals surface area (Å²) in [4.78, 5) is 0. The molecular weight excluding hydrogens is 268 g/mol. The van der Waals surface area contributed by atoms with Crippen molar-refractivity contribution >= 4 is 0 Å². The molecule has 0 aliphatic heterocycles. The van der Waals surface area contributed by atoms with Gasteiger partial charge in [0.25, 0.3) is 0 Å². The Labute approximate surface area is 131 Å². The van der Waals surface area contributed by atoms with E-state index in [1.807, 2.05) is 12.3 Å². The Morgan fingerprint density at radius 2 is 1.95 bits per heavy atom. The van der Waals surface area contributed by atoms with Crippen molar-refractivity contribution in [3.05, 3.63) is 71.5 Å². The fourth-order valence-corrected chi connectivity index (χ4v) is 3.34. The first-order valence-electron chi connectivity index (χ1n) is 8.02. The lowest BCUT2D eigenvalue weighted by Crippen LogP contribution is -2.08. The van der Waals surface area contributed by atoms with Crippen molar-refractivity contribution in [3.63, 3.8) is 0 Å². The van der Waals surface area contributed by atoms with Gasteiger partial charge in [0.05, 0.1) is 17.6 Å². The Kier molecular flexibility index (Phi) is 3.30. The molecule has 109 valence electrons. The van der Waals surface area contributed by atoms with Gasteiger partial charge in [-0.3, -0.25) is 0 Å². The summed E-state index contributed by atoms with van der Waals surface area (Å²) in [7, 11) is 0. The van der Waals surface area contributed by atoms with E-state index in [0.717, 1.165) is 24.9 Å². The molecule has 3 aromatic rings. The Bertz CT molecular complexity index is 797. The topological polar surface area (TPSA) is 17.8 Å². The molecule has 0 atom stereocenters. The van der Waals surface area contributed by atoms with E-state index in [4.69, 9.17) is 0 Å². The van der Waals surface area contributed by atoms with Gasteiger partial charge in [-0.2, -0.15) is 5.10 Å². The van der Waals surface area contributed by atoms with Crippen LogP contribution >= 0.6 is 0 Å². The molecule has 4 rings (SSSR count). The first kappa shape index (κ1) is 13.3.